The molecule has 0 saturated carbocycles. The number of carbonyl (C=O) groups is 2. The molecule has 6 nitrogen and oxygen atoms in total. The van der Waals surface area contributed by atoms with Crippen molar-refractivity contribution in [3.8, 4) is 0 Å². The van der Waals surface area contributed by atoms with Crippen molar-refractivity contribution in [2.75, 3.05) is 0 Å². The third-order valence-electron chi connectivity index (χ3n) is 3.01. The van der Waals surface area contributed by atoms with E-state index in [0.717, 1.165) is 22.0 Å². The number of carbonyl (C=O) groups excluding carboxylic acids is 1. The summed E-state index contributed by atoms with van der Waals surface area (Å²) in [5.41, 5.74) is 1.97. The second-order valence-corrected chi connectivity index (χ2v) is 6.12. The Hall–Kier alpha value is -2.50. The first-order chi connectivity index (χ1) is 10.2. The van der Waals surface area contributed by atoms with Gasteiger partial charge in [-0.05, 0) is 38.0 Å². The number of aromatic amines is 1. The van der Waals surface area contributed by atoms with Crippen LogP contribution in [0.25, 0.3) is 10.9 Å². The molecule has 0 fully saturated rings. The number of carboxylic acid groups (broad SMARTS) is 1. The van der Waals surface area contributed by atoms with Gasteiger partial charge in [-0.1, -0.05) is 12.1 Å². The van der Waals surface area contributed by atoms with Gasteiger partial charge in [-0.15, -0.1) is 0 Å². The van der Waals surface area contributed by atoms with Crippen LogP contribution < -0.4 is 5.32 Å². The molecule has 22 heavy (non-hydrogen) atoms. The van der Waals surface area contributed by atoms with E-state index in [1.54, 1.807) is 6.20 Å². The van der Waals surface area contributed by atoms with Crippen molar-refractivity contribution in [3.63, 3.8) is 0 Å². The van der Waals surface area contributed by atoms with Gasteiger partial charge >= 0.3 is 12.1 Å². The molecular weight excluding hydrogens is 284 g/mol. The van der Waals surface area contributed by atoms with E-state index >= 15 is 0 Å². The van der Waals surface area contributed by atoms with Gasteiger partial charge in [0, 0.05) is 23.6 Å². The van der Waals surface area contributed by atoms with E-state index in [4.69, 9.17) is 9.84 Å². The van der Waals surface area contributed by atoms with E-state index in [1.807, 2.05) is 39.0 Å². The highest BCUT2D eigenvalue weighted by Gasteiger charge is 2.15. The molecule has 0 spiro atoms. The summed E-state index contributed by atoms with van der Waals surface area (Å²) in [6, 6.07) is 5.60. The minimum Gasteiger partial charge on any atom is -0.481 e. The maximum Gasteiger partial charge on any atom is 0.407 e. The number of hydrogen-bond donors (Lipinski definition) is 3. The summed E-state index contributed by atoms with van der Waals surface area (Å²) in [7, 11) is 0. The fraction of sp³-hybridized carbons (Fsp3) is 0.375. The highest BCUT2D eigenvalue weighted by Crippen LogP contribution is 2.20. The van der Waals surface area contributed by atoms with E-state index < -0.39 is 17.7 Å². The zero-order valence-electron chi connectivity index (χ0n) is 12.9. The first-order valence-electron chi connectivity index (χ1n) is 7.02. The summed E-state index contributed by atoms with van der Waals surface area (Å²) in [6.45, 7) is 5.77. The largest absolute Gasteiger partial charge is 0.481 e. The Kier molecular flexibility index (Phi) is 4.40. The van der Waals surface area contributed by atoms with Gasteiger partial charge in [-0.3, -0.25) is 4.79 Å². The number of alkyl carbamates (subject to hydrolysis) is 1. The molecule has 2 rings (SSSR count). The van der Waals surface area contributed by atoms with E-state index in [2.05, 4.69) is 10.3 Å². The molecule has 0 aliphatic heterocycles. The molecule has 0 saturated heterocycles. The number of benzene rings is 1. The van der Waals surface area contributed by atoms with Crippen LogP contribution in [0.5, 0.6) is 0 Å². The first-order valence-corrected chi connectivity index (χ1v) is 7.02. The van der Waals surface area contributed by atoms with E-state index in [-0.39, 0.29) is 6.42 Å². The average molecular weight is 304 g/mol. The van der Waals surface area contributed by atoms with Crippen molar-refractivity contribution < 1.29 is 19.4 Å². The van der Waals surface area contributed by atoms with E-state index in [9.17, 15) is 9.59 Å². The fourth-order valence-electron chi connectivity index (χ4n) is 2.14. The summed E-state index contributed by atoms with van der Waals surface area (Å²) < 4.78 is 5.17. The smallest absolute Gasteiger partial charge is 0.407 e. The Morgan fingerprint density at radius 2 is 2.05 bits per heavy atom. The molecule has 0 bridgehead atoms. The maximum atomic E-state index is 11.6. The predicted molar refractivity (Wildman–Crippen MR) is 82.7 cm³/mol. The Balaban J connectivity index is 2.04. The highest BCUT2D eigenvalue weighted by atomic mass is 16.6. The molecule has 118 valence electrons. The van der Waals surface area contributed by atoms with Gasteiger partial charge in [0.25, 0.3) is 0 Å². The molecular formula is C16H20N2O4. The van der Waals surface area contributed by atoms with Crippen LogP contribution in [0.15, 0.2) is 24.4 Å². The second kappa shape index (κ2) is 6.09. The van der Waals surface area contributed by atoms with Crippen molar-refractivity contribution in [2.45, 2.75) is 39.3 Å². The first kappa shape index (κ1) is 15.9. The Labute approximate surface area is 128 Å². The van der Waals surface area contributed by atoms with Gasteiger partial charge in [0.15, 0.2) is 0 Å². The molecule has 0 atom stereocenters. The van der Waals surface area contributed by atoms with Crippen LogP contribution >= 0.6 is 0 Å². The van der Waals surface area contributed by atoms with Crippen molar-refractivity contribution in [3.05, 3.63) is 35.5 Å². The second-order valence-electron chi connectivity index (χ2n) is 6.12. The van der Waals surface area contributed by atoms with Gasteiger partial charge in [0.05, 0.1) is 6.42 Å². The lowest BCUT2D eigenvalue weighted by Crippen LogP contribution is -2.32. The minimum atomic E-state index is -0.864. The zero-order valence-corrected chi connectivity index (χ0v) is 12.9. The van der Waals surface area contributed by atoms with Gasteiger partial charge in [0.1, 0.15) is 5.60 Å². The third-order valence-corrected chi connectivity index (χ3v) is 3.01. The molecule has 0 aliphatic carbocycles. The molecule has 0 aliphatic rings. The molecule has 0 unspecified atom stereocenters. The zero-order chi connectivity index (χ0) is 16.3. The Morgan fingerprint density at radius 3 is 2.68 bits per heavy atom. The van der Waals surface area contributed by atoms with Gasteiger partial charge in [-0.2, -0.15) is 0 Å². The van der Waals surface area contributed by atoms with Crippen molar-refractivity contribution >= 4 is 23.0 Å². The highest BCUT2D eigenvalue weighted by molar-refractivity contribution is 5.87. The molecule has 0 radical (unpaired) electrons. The quantitative estimate of drug-likeness (QED) is 0.810. The average Bonchev–Trinajstić information content (AvgIpc) is 2.76. The van der Waals surface area contributed by atoms with Crippen LogP contribution in [0.3, 0.4) is 0 Å². The fourth-order valence-corrected chi connectivity index (χ4v) is 2.14. The lowest BCUT2D eigenvalue weighted by Gasteiger charge is -2.19. The number of hydrogen-bond acceptors (Lipinski definition) is 3. The number of ether oxygens (including phenoxy) is 1. The summed E-state index contributed by atoms with van der Waals surface area (Å²) in [4.78, 5) is 25.5. The van der Waals surface area contributed by atoms with Crippen LogP contribution in [-0.2, 0) is 22.5 Å². The number of amides is 1. The molecule has 1 heterocycles. The van der Waals surface area contributed by atoms with E-state index in [0.29, 0.717) is 6.54 Å². The number of aromatic nitrogens is 1. The number of fused-ring (bicyclic) bond motifs is 1. The van der Waals surface area contributed by atoms with Crippen LogP contribution in [-0.4, -0.2) is 27.8 Å². The standard InChI is InChI=1S/C16H20N2O4/c1-16(2,3)22-15(21)18-8-10-4-5-12-11(7-14(19)20)9-17-13(12)6-10/h4-6,9,17H,7-8H2,1-3H3,(H,18,21)(H,19,20). The summed E-state index contributed by atoms with van der Waals surface area (Å²) >= 11 is 0. The predicted octanol–water partition coefficient (Wildman–Crippen LogP) is 2.82. The van der Waals surface area contributed by atoms with E-state index in [1.165, 1.54) is 0 Å². The van der Waals surface area contributed by atoms with Crippen molar-refractivity contribution in [2.24, 2.45) is 0 Å². The Morgan fingerprint density at radius 1 is 1.32 bits per heavy atom. The topological polar surface area (TPSA) is 91.4 Å². The number of H-pyrrole nitrogens is 1. The van der Waals surface area contributed by atoms with Crippen LogP contribution in [0.4, 0.5) is 4.79 Å². The van der Waals surface area contributed by atoms with Crippen LogP contribution in [0.1, 0.15) is 31.9 Å². The van der Waals surface area contributed by atoms with Crippen LogP contribution in [0, 0.1) is 0 Å². The summed E-state index contributed by atoms with van der Waals surface area (Å²) in [5.74, 6) is -0.864. The number of rotatable bonds is 4. The lowest BCUT2D eigenvalue weighted by molar-refractivity contribution is -0.136. The monoisotopic (exact) mass is 304 g/mol. The minimum absolute atomic E-state index is 0.0183. The van der Waals surface area contributed by atoms with Crippen molar-refractivity contribution in [1.82, 2.24) is 10.3 Å². The molecule has 3 N–H and O–H groups in total. The molecule has 2 aromatic rings. The van der Waals surface area contributed by atoms with Gasteiger partial charge in [-0.25, -0.2) is 4.79 Å². The third kappa shape index (κ3) is 4.25. The SMILES string of the molecule is CC(C)(C)OC(=O)NCc1ccc2c(CC(=O)O)c[nH]c2c1. The Bertz CT molecular complexity index is 698. The molecule has 1 aromatic carbocycles. The van der Waals surface area contributed by atoms with Crippen molar-refractivity contribution in [1.29, 1.82) is 0 Å². The van der Waals surface area contributed by atoms with Crippen LogP contribution in [0.2, 0.25) is 0 Å². The number of aliphatic carboxylic acids is 1. The molecule has 1 amide bonds. The molecule has 6 heteroatoms. The maximum absolute atomic E-state index is 11.6. The van der Waals surface area contributed by atoms with Gasteiger partial charge in [0.2, 0.25) is 0 Å². The summed E-state index contributed by atoms with van der Waals surface area (Å²) in [5, 5.41) is 12.4. The van der Waals surface area contributed by atoms with Gasteiger partial charge < -0.3 is 20.1 Å². The normalized spacial score (nSPS) is 11.4. The summed E-state index contributed by atoms with van der Waals surface area (Å²) in [6.07, 6.45) is 1.21. The number of nitrogens with one attached hydrogen (secondary N) is 2. The lowest BCUT2D eigenvalue weighted by atomic mass is 10.1. The molecule has 1 aromatic heterocycles. The number of carboxylic acids is 1.